The molecule has 0 saturated carbocycles. The first kappa shape index (κ1) is 14.5. The molecule has 1 heterocycles. The van der Waals surface area contributed by atoms with Crippen molar-refractivity contribution in [3.8, 4) is 11.4 Å². The Kier molecular flexibility index (Phi) is 4.61. The Labute approximate surface area is 129 Å². The van der Waals surface area contributed by atoms with Crippen molar-refractivity contribution in [1.82, 2.24) is 10.1 Å². The predicted molar refractivity (Wildman–Crippen MR) is 84.1 cm³/mol. The highest BCUT2D eigenvalue weighted by Gasteiger charge is 2.08. The minimum atomic E-state index is 0.0389. The van der Waals surface area contributed by atoms with Gasteiger partial charge in [-0.05, 0) is 24.0 Å². The van der Waals surface area contributed by atoms with E-state index in [9.17, 15) is 0 Å². The minimum absolute atomic E-state index is 0.0389. The summed E-state index contributed by atoms with van der Waals surface area (Å²) in [4.78, 5) is 4.43. The van der Waals surface area contributed by atoms with E-state index in [2.05, 4.69) is 34.4 Å². The second kappa shape index (κ2) is 7.00. The van der Waals surface area contributed by atoms with Crippen LogP contribution in [0.3, 0.4) is 0 Å². The molecule has 0 aliphatic heterocycles. The summed E-state index contributed by atoms with van der Waals surface area (Å²) < 4.78 is 5.30. The lowest BCUT2D eigenvalue weighted by molar-refractivity contribution is 0.282. The summed E-state index contributed by atoms with van der Waals surface area (Å²) in [5, 5.41) is 13.1. The molecular formula is C18H18N2O2. The Bertz CT molecular complexity index is 705. The van der Waals surface area contributed by atoms with Crippen molar-refractivity contribution < 1.29 is 9.63 Å². The molecule has 0 unspecified atom stereocenters. The summed E-state index contributed by atoms with van der Waals surface area (Å²) in [6, 6.07) is 17.9. The van der Waals surface area contributed by atoms with Gasteiger partial charge in [-0.1, -0.05) is 59.8 Å². The summed E-state index contributed by atoms with van der Waals surface area (Å²) in [7, 11) is 0. The third kappa shape index (κ3) is 3.59. The van der Waals surface area contributed by atoms with Crippen LogP contribution in [0.15, 0.2) is 59.1 Å². The number of hydrogen-bond donors (Lipinski definition) is 1. The molecule has 1 aromatic heterocycles. The van der Waals surface area contributed by atoms with Gasteiger partial charge in [0.15, 0.2) is 0 Å². The van der Waals surface area contributed by atoms with E-state index < -0.39 is 0 Å². The number of hydrogen-bond acceptors (Lipinski definition) is 4. The SMILES string of the molecule is OCc1ccc(-c2noc(CCCc3ccccc3)n2)cc1. The highest BCUT2D eigenvalue weighted by atomic mass is 16.5. The van der Waals surface area contributed by atoms with Gasteiger partial charge in [0.25, 0.3) is 0 Å². The lowest BCUT2D eigenvalue weighted by atomic mass is 10.1. The van der Waals surface area contributed by atoms with Crippen molar-refractivity contribution in [3.63, 3.8) is 0 Å². The molecule has 2 aromatic carbocycles. The quantitative estimate of drug-likeness (QED) is 0.757. The number of aliphatic hydroxyl groups excluding tert-OH is 1. The lowest BCUT2D eigenvalue weighted by Crippen LogP contribution is -1.90. The van der Waals surface area contributed by atoms with Gasteiger partial charge in [-0.25, -0.2) is 0 Å². The van der Waals surface area contributed by atoms with Crippen molar-refractivity contribution >= 4 is 0 Å². The largest absolute Gasteiger partial charge is 0.392 e. The van der Waals surface area contributed by atoms with E-state index in [0.717, 1.165) is 30.4 Å². The molecule has 112 valence electrons. The van der Waals surface area contributed by atoms with Gasteiger partial charge < -0.3 is 9.63 Å². The fraction of sp³-hybridized carbons (Fsp3) is 0.222. The maximum Gasteiger partial charge on any atom is 0.226 e. The maximum atomic E-state index is 9.04. The molecule has 4 nitrogen and oxygen atoms in total. The third-order valence-corrected chi connectivity index (χ3v) is 3.56. The van der Waals surface area contributed by atoms with Crippen molar-refractivity contribution in [1.29, 1.82) is 0 Å². The number of aryl methyl sites for hydroxylation is 2. The molecule has 0 fully saturated rings. The van der Waals surface area contributed by atoms with E-state index in [1.165, 1.54) is 5.56 Å². The molecule has 1 N–H and O–H groups in total. The highest BCUT2D eigenvalue weighted by Crippen LogP contribution is 2.17. The van der Waals surface area contributed by atoms with Gasteiger partial charge in [0.2, 0.25) is 11.7 Å². The van der Waals surface area contributed by atoms with Crippen LogP contribution in [0.2, 0.25) is 0 Å². The Morgan fingerprint density at radius 3 is 2.36 bits per heavy atom. The monoisotopic (exact) mass is 294 g/mol. The van der Waals surface area contributed by atoms with E-state index in [0.29, 0.717) is 11.7 Å². The Morgan fingerprint density at radius 1 is 0.864 bits per heavy atom. The van der Waals surface area contributed by atoms with Crippen LogP contribution in [-0.4, -0.2) is 15.2 Å². The van der Waals surface area contributed by atoms with Crippen LogP contribution in [0.5, 0.6) is 0 Å². The van der Waals surface area contributed by atoms with Crippen molar-refractivity contribution in [2.24, 2.45) is 0 Å². The first-order chi connectivity index (χ1) is 10.8. The van der Waals surface area contributed by atoms with Gasteiger partial charge in [-0.15, -0.1) is 0 Å². The van der Waals surface area contributed by atoms with E-state index in [1.54, 1.807) is 0 Å². The zero-order chi connectivity index (χ0) is 15.2. The average Bonchev–Trinajstić information content (AvgIpc) is 3.05. The molecular weight excluding hydrogens is 276 g/mol. The van der Waals surface area contributed by atoms with Crippen LogP contribution in [0.1, 0.15) is 23.4 Å². The van der Waals surface area contributed by atoms with Crippen molar-refractivity contribution in [2.45, 2.75) is 25.9 Å². The van der Waals surface area contributed by atoms with Gasteiger partial charge in [0, 0.05) is 12.0 Å². The summed E-state index contributed by atoms with van der Waals surface area (Å²) in [5.41, 5.74) is 3.09. The molecule has 0 saturated heterocycles. The van der Waals surface area contributed by atoms with Crippen molar-refractivity contribution in [3.05, 3.63) is 71.6 Å². The highest BCUT2D eigenvalue weighted by molar-refractivity contribution is 5.54. The fourth-order valence-electron chi connectivity index (χ4n) is 2.32. The topological polar surface area (TPSA) is 59.2 Å². The van der Waals surface area contributed by atoms with E-state index in [4.69, 9.17) is 9.63 Å². The van der Waals surface area contributed by atoms with Crippen LogP contribution in [0, 0.1) is 0 Å². The van der Waals surface area contributed by atoms with Crippen LogP contribution < -0.4 is 0 Å². The van der Waals surface area contributed by atoms with E-state index in [-0.39, 0.29) is 6.61 Å². The normalized spacial score (nSPS) is 10.8. The second-order valence-electron chi connectivity index (χ2n) is 5.21. The minimum Gasteiger partial charge on any atom is -0.392 e. The molecule has 3 aromatic rings. The number of aliphatic hydroxyl groups is 1. The Morgan fingerprint density at radius 2 is 1.64 bits per heavy atom. The molecule has 0 aliphatic rings. The van der Waals surface area contributed by atoms with E-state index >= 15 is 0 Å². The van der Waals surface area contributed by atoms with Crippen LogP contribution in [0.4, 0.5) is 0 Å². The van der Waals surface area contributed by atoms with Crippen LogP contribution in [-0.2, 0) is 19.4 Å². The zero-order valence-corrected chi connectivity index (χ0v) is 12.3. The Balaban J connectivity index is 1.58. The zero-order valence-electron chi connectivity index (χ0n) is 12.3. The maximum absolute atomic E-state index is 9.04. The van der Waals surface area contributed by atoms with E-state index in [1.807, 2.05) is 30.3 Å². The van der Waals surface area contributed by atoms with Crippen molar-refractivity contribution in [2.75, 3.05) is 0 Å². The summed E-state index contributed by atoms with van der Waals surface area (Å²) in [6.07, 6.45) is 2.76. The van der Waals surface area contributed by atoms with Gasteiger partial charge in [-0.2, -0.15) is 4.98 Å². The average molecular weight is 294 g/mol. The molecule has 0 bridgehead atoms. The number of benzene rings is 2. The molecule has 3 rings (SSSR count). The van der Waals surface area contributed by atoms with Gasteiger partial charge in [-0.3, -0.25) is 0 Å². The number of nitrogens with zero attached hydrogens (tertiary/aromatic N) is 2. The van der Waals surface area contributed by atoms with Gasteiger partial charge >= 0.3 is 0 Å². The smallest absolute Gasteiger partial charge is 0.226 e. The molecule has 0 aliphatic carbocycles. The van der Waals surface area contributed by atoms with Gasteiger partial charge in [0.05, 0.1) is 6.61 Å². The number of aromatic nitrogens is 2. The lowest BCUT2D eigenvalue weighted by Gasteiger charge is -1.98. The van der Waals surface area contributed by atoms with Crippen LogP contribution >= 0.6 is 0 Å². The molecule has 22 heavy (non-hydrogen) atoms. The summed E-state index contributed by atoms with van der Waals surface area (Å²) in [6.45, 7) is 0.0389. The fourth-order valence-corrected chi connectivity index (χ4v) is 2.32. The Hall–Kier alpha value is -2.46. The summed E-state index contributed by atoms with van der Waals surface area (Å²) in [5.74, 6) is 1.26. The predicted octanol–water partition coefficient (Wildman–Crippen LogP) is 3.40. The molecule has 4 heteroatoms. The van der Waals surface area contributed by atoms with Crippen LogP contribution in [0.25, 0.3) is 11.4 Å². The third-order valence-electron chi connectivity index (χ3n) is 3.56. The molecule has 0 atom stereocenters. The number of rotatable bonds is 6. The standard InChI is InChI=1S/C18H18N2O2/c21-13-15-9-11-16(12-10-15)18-19-17(22-20-18)8-4-7-14-5-2-1-3-6-14/h1-3,5-6,9-12,21H,4,7-8,13H2. The molecule has 0 amide bonds. The summed E-state index contributed by atoms with van der Waals surface area (Å²) >= 11 is 0. The molecule has 0 spiro atoms. The van der Waals surface area contributed by atoms with Gasteiger partial charge in [0.1, 0.15) is 0 Å². The first-order valence-electron chi connectivity index (χ1n) is 7.42. The molecule has 0 radical (unpaired) electrons. The first-order valence-corrected chi connectivity index (χ1v) is 7.42. The second-order valence-corrected chi connectivity index (χ2v) is 5.21.